The topological polar surface area (TPSA) is 29.3 Å². The van der Waals surface area contributed by atoms with Gasteiger partial charge in [0, 0.05) is 24.2 Å². The van der Waals surface area contributed by atoms with E-state index in [0.29, 0.717) is 24.1 Å². The summed E-state index contributed by atoms with van der Waals surface area (Å²) in [5.41, 5.74) is 6.20. The smallest absolute Gasteiger partial charge is 0.163 e. The van der Waals surface area contributed by atoms with Crippen LogP contribution in [0.3, 0.4) is 0 Å². The lowest BCUT2D eigenvalue weighted by Crippen LogP contribution is -2.41. The highest BCUT2D eigenvalue weighted by atomic mass is 19.2. The first kappa shape index (κ1) is 15.4. The van der Waals surface area contributed by atoms with Crippen molar-refractivity contribution in [1.29, 1.82) is 0 Å². The summed E-state index contributed by atoms with van der Waals surface area (Å²) < 4.78 is 27.4. The molecule has 3 atom stereocenters. The van der Waals surface area contributed by atoms with E-state index >= 15 is 0 Å². The van der Waals surface area contributed by atoms with E-state index in [1.54, 1.807) is 12.1 Å². The molecule has 2 N–H and O–H groups in total. The van der Waals surface area contributed by atoms with Gasteiger partial charge in [0.05, 0.1) is 0 Å². The van der Waals surface area contributed by atoms with E-state index in [1.165, 1.54) is 12.8 Å². The second-order valence-electron chi connectivity index (χ2n) is 5.99. The first-order chi connectivity index (χ1) is 9.54. The summed E-state index contributed by atoms with van der Waals surface area (Å²) in [7, 11) is 1.98. The molecule has 0 aliphatic heterocycles. The number of likely N-dealkylation sites (N-methyl/N-ethyl adjacent to an activating group) is 1. The lowest BCUT2D eigenvalue weighted by molar-refractivity contribution is 0.119. The highest BCUT2D eigenvalue weighted by Gasteiger charge is 2.29. The van der Waals surface area contributed by atoms with Crippen molar-refractivity contribution in [3.8, 4) is 0 Å². The average molecular weight is 282 g/mol. The number of halogens is 2. The van der Waals surface area contributed by atoms with Crippen LogP contribution in [0.15, 0.2) is 18.2 Å². The molecule has 1 fully saturated rings. The van der Waals surface area contributed by atoms with Crippen LogP contribution < -0.4 is 5.73 Å². The van der Waals surface area contributed by atoms with Crippen LogP contribution in [0.1, 0.15) is 44.2 Å². The summed E-state index contributed by atoms with van der Waals surface area (Å²) in [6.45, 7) is 2.54. The Morgan fingerprint density at radius 3 is 2.75 bits per heavy atom. The third kappa shape index (κ3) is 3.18. The third-order valence-corrected chi connectivity index (χ3v) is 4.54. The van der Waals surface area contributed by atoms with Gasteiger partial charge in [-0.15, -0.1) is 0 Å². The summed E-state index contributed by atoms with van der Waals surface area (Å²) in [4.78, 5) is 2.13. The molecule has 2 nitrogen and oxygen atoms in total. The molecule has 1 aliphatic carbocycles. The Kier molecular flexibility index (Phi) is 5.11. The zero-order valence-corrected chi connectivity index (χ0v) is 12.3. The van der Waals surface area contributed by atoms with Gasteiger partial charge in [0.15, 0.2) is 11.6 Å². The Morgan fingerprint density at radius 2 is 2.10 bits per heavy atom. The quantitative estimate of drug-likeness (QED) is 0.916. The highest BCUT2D eigenvalue weighted by molar-refractivity contribution is 5.23. The number of hydrogen-bond acceptors (Lipinski definition) is 2. The number of benzene rings is 1. The number of hydrogen-bond donors (Lipinski definition) is 1. The summed E-state index contributed by atoms with van der Waals surface area (Å²) in [6, 6.07) is 4.47. The maximum Gasteiger partial charge on any atom is 0.163 e. The summed E-state index contributed by atoms with van der Waals surface area (Å²) >= 11 is 0. The van der Waals surface area contributed by atoms with Crippen molar-refractivity contribution in [2.24, 2.45) is 11.7 Å². The molecule has 0 amide bonds. The fourth-order valence-electron chi connectivity index (χ4n) is 3.32. The van der Waals surface area contributed by atoms with E-state index in [9.17, 15) is 8.78 Å². The van der Waals surface area contributed by atoms with Gasteiger partial charge in [-0.3, -0.25) is 4.90 Å². The summed E-state index contributed by atoms with van der Waals surface area (Å²) in [6.07, 6.45) is 4.66. The molecule has 1 aromatic rings. The zero-order valence-electron chi connectivity index (χ0n) is 12.3. The van der Waals surface area contributed by atoms with Crippen molar-refractivity contribution in [1.82, 2.24) is 4.90 Å². The molecule has 3 unspecified atom stereocenters. The first-order valence-electron chi connectivity index (χ1n) is 7.40. The molecule has 0 radical (unpaired) electrons. The normalized spacial score (nSPS) is 24.9. The second kappa shape index (κ2) is 6.64. The van der Waals surface area contributed by atoms with Gasteiger partial charge in [-0.25, -0.2) is 8.78 Å². The minimum absolute atomic E-state index is 0.263. The predicted molar refractivity (Wildman–Crippen MR) is 77.3 cm³/mol. The van der Waals surface area contributed by atoms with E-state index in [1.807, 2.05) is 7.05 Å². The van der Waals surface area contributed by atoms with Crippen LogP contribution in [-0.2, 0) is 0 Å². The van der Waals surface area contributed by atoms with E-state index in [2.05, 4.69) is 11.8 Å². The van der Waals surface area contributed by atoms with Crippen LogP contribution in [0.4, 0.5) is 8.78 Å². The predicted octanol–water partition coefficient (Wildman–Crippen LogP) is 3.48. The lowest BCUT2D eigenvalue weighted by Gasteiger charge is -2.39. The molecule has 0 heterocycles. The first-order valence-corrected chi connectivity index (χ1v) is 7.40. The van der Waals surface area contributed by atoms with Crippen molar-refractivity contribution >= 4 is 0 Å². The van der Waals surface area contributed by atoms with Gasteiger partial charge >= 0.3 is 0 Å². The van der Waals surface area contributed by atoms with Crippen molar-refractivity contribution in [3.63, 3.8) is 0 Å². The van der Waals surface area contributed by atoms with Crippen molar-refractivity contribution < 1.29 is 8.78 Å². The monoisotopic (exact) mass is 282 g/mol. The molecule has 1 saturated carbocycles. The van der Waals surface area contributed by atoms with Crippen molar-refractivity contribution in [2.75, 3.05) is 13.6 Å². The van der Waals surface area contributed by atoms with Crippen LogP contribution in [-0.4, -0.2) is 24.5 Å². The SMILES string of the molecule is CC1CCCC(N(C)C(CN)c2cccc(F)c2F)C1. The molecule has 20 heavy (non-hydrogen) atoms. The van der Waals surface area contributed by atoms with Crippen LogP contribution in [0, 0.1) is 17.6 Å². The number of nitrogens with two attached hydrogens (primary N) is 1. The van der Waals surface area contributed by atoms with Crippen molar-refractivity contribution in [3.05, 3.63) is 35.4 Å². The largest absolute Gasteiger partial charge is 0.329 e. The molecule has 0 bridgehead atoms. The maximum absolute atomic E-state index is 14.0. The molecule has 0 spiro atoms. The third-order valence-electron chi connectivity index (χ3n) is 4.54. The summed E-state index contributed by atoms with van der Waals surface area (Å²) in [5, 5.41) is 0. The Morgan fingerprint density at radius 1 is 1.35 bits per heavy atom. The fraction of sp³-hybridized carbons (Fsp3) is 0.625. The number of rotatable bonds is 4. The van der Waals surface area contributed by atoms with E-state index in [-0.39, 0.29) is 6.04 Å². The molecule has 2 rings (SSSR count). The minimum atomic E-state index is -0.800. The Balaban J connectivity index is 2.20. The van der Waals surface area contributed by atoms with Crippen LogP contribution in [0.2, 0.25) is 0 Å². The molecule has 0 saturated heterocycles. The standard InChI is InChI=1S/C16H24F2N2/c1-11-5-3-6-12(9-11)20(2)15(10-19)13-7-4-8-14(17)16(13)18/h4,7-8,11-12,15H,3,5-6,9-10,19H2,1-2H3. The Hall–Kier alpha value is -1.00. The van der Waals surface area contributed by atoms with Gasteiger partial charge in [0.1, 0.15) is 0 Å². The van der Waals surface area contributed by atoms with Gasteiger partial charge in [0.25, 0.3) is 0 Å². The minimum Gasteiger partial charge on any atom is -0.329 e. The zero-order chi connectivity index (χ0) is 14.7. The molecular weight excluding hydrogens is 258 g/mol. The van der Waals surface area contributed by atoms with Crippen LogP contribution >= 0.6 is 0 Å². The highest BCUT2D eigenvalue weighted by Crippen LogP contribution is 2.32. The van der Waals surface area contributed by atoms with E-state index < -0.39 is 11.6 Å². The molecular formula is C16H24F2N2. The molecule has 0 aromatic heterocycles. The maximum atomic E-state index is 14.0. The lowest BCUT2D eigenvalue weighted by atomic mass is 9.85. The molecule has 112 valence electrons. The van der Waals surface area contributed by atoms with Gasteiger partial charge in [-0.1, -0.05) is 31.9 Å². The van der Waals surface area contributed by atoms with Gasteiger partial charge in [0.2, 0.25) is 0 Å². The molecule has 4 heteroatoms. The Labute approximate surface area is 120 Å². The van der Waals surface area contributed by atoms with Gasteiger partial charge < -0.3 is 5.73 Å². The molecule has 1 aliphatic rings. The van der Waals surface area contributed by atoms with E-state index in [4.69, 9.17) is 5.73 Å². The Bertz CT molecular complexity index is 450. The van der Waals surface area contributed by atoms with Gasteiger partial charge in [-0.2, -0.15) is 0 Å². The fourth-order valence-corrected chi connectivity index (χ4v) is 3.32. The van der Waals surface area contributed by atoms with Crippen LogP contribution in [0.5, 0.6) is 0 Å². The molecule has 1 aromatic carbocycles. The average Bonchev–Trinajstić information content (AvgIpc) is 2.44. The van der Waals surface area contributed by atoms with Crippen LogP contribution in [0.25, 0.3) is 0 Å². The summed E-state index contributed by atoms with van der Waals surface area (Å²) in [5.74, 6) is -0.878. The van der Waals surface area contributed by atoms with E-state index in [0.717, 1.165) is 18.9 Å². The second-order valence-corrected chi connectivity index (χ2v) is 5.99. The van der Waals surface area contributed by atoms with Crippen molar-refractivity contribution in [2.45, 2.75) is 44.7 Å². The van der Waals surface area contributed by atoms with Gasteiger partial charge in [-0.05, 0) is 31.9 Å². The number of nitrogens with zero attached hydrogens (tertiary/aromatic N) is 1.